The predicted molar refractivity (Wildman–Crippen MR) is 164 cm³/mol. The molecular weight excluding hydrogens is 550 g/mol. The third kappa shape index (κ3) is 4.90. The van der Waals surface area contributed by atoms with Gasteiger partial charge < -0.3 is 29.9 Å². The first kappa shape index (κ1) is 28.2. The van der Waals surface area contributed by atoms with Gasteiger partial charge in [-0.05, 0) is 52.3 Å². The van der Waals surface area contributed by atoms with Gasteiger partial charge in [-0.25, -0.2) is 4.98 Å². The van der Waals surface area contributed by atoms with Crippen LogP contribution in [0.2, 0.25) is 0 Å². The Morgan fingerprint density at radius 1 is 1.24 bits per heavy atom. The number of aromatic nitrogens is 3. The number of nitrogen functional groups attached to an aromatic ring is 1. The predicted octanol–water partition coefficient (Wildman–Crippen LogP) is 3.26. The standard InChI is InChI=1S/C30H37N9O2S/c1-5-25(40)38-12-10-37(11-13-38)20-15-22(33-24(16-20)39-14-9-36(4)18-19(39)2)28-34-29(41-35-28)30(3)8-6-7-23-26(30)21(17-31)27(32)42-23/h5,15-16,19H,1,6-14,18,32H2,2-4H3/t19-,30-/m0/s1. The Morgan fingerprint density at radius 2 is 2.02 bits per heavy atom. The number of likely N-dealkylation sites (N-methyl/N-ethyl adjacent to an activating group) is 1. The van der Waals surface area contributed by atoms with E-state index in [0.29, 0.717) is 54.2 Å². The minimum Gasteiger partial charge on any atom is -0.389 e. The van der Waals surface area contributed by atoms with Crippen molar-refractivity contribution in [2.24, 2.45) is 0 Å². The lowest BCUT2D eigenvalue weighted by molar-refractivity contribution is -0.126. The molecule has 0 bridgehead atoms. The number of nitrogens with two attached hydrogens (primary N) is 1. The minimum atomic E-state index is -0.599. The molecule has 0 saturated carbocycles. The fourth-order valence-electron chi connectivity index (χ4n) is 6.60. The third-order valence-corrected chi connectivity index (χ3v) is 10.0. The number of rotatable bonds is 5. The van der Waals surface area contributed by atoms with Crippen LogP contribution < -0.4 is 15.5 Å². The van der Waals surface area contributed by atoms with Gasteiger partial charge in [0.2, 0.25) is 17.6 Å². The zero-order valence-electron chi connectivity index (χ0n) is 24.5. The molecule has 12 heteroatoms. The Kier molecular flexibility index (Phi) is 7.41. The van der Waals surface area contributed by atoms with Crippen molar-refractivity contribution < 1.29 is 9.32 Å². The Morgan fingerprint density at radius 3 is 2.74 bits per heavy atom. The number of amides is 1. The highest BCUT2D eigenvalue weighted by atomic mass is 32.1. The van der Waals surface area contributed by atoms with E-state index in [1.807, 2.05) is 11.0 Å². The van der Waals surface area contributed by atoms with Crippen molar-refractivity contribution >= 4 is 33.8 Å². The molecule has 3 aromatic heterocycles. The third-order valence-electron chi connectivity index (χ3n) is 8.93. The molecule has 3 aliphatic rings. The highest BCUT2D eigenvalue weighted by Gasteiger charge is 2.43. The van der Waals surface area contributed by atoms with Crippen molar-refractivity contribution in [3.63, 3.8) is 0 Å². The Hall–Kier alpha value is -3.95. The van der Waals surface area contributed by atoms with Crippen LogP contribution in [-0.2, 0) is 16.6 Å². The number of pyridine rings is 1. The number of carbonyl (C=O) groups is 1. The molecule has 220 valence electrons. The summed E-state index contributed by atoms with van der Waals surface area (Å²) in [5.41, 5.74) is 8.74. The van der Waals surface area contributed by atoms with E-state index >= 15 is 0 Å². The van der Waals surface area contributed by atoms with E-state index in [4.69, 9.17) is 20.2 Å². The number of hydrogen-bond donors (Lipinski definition) is 1. The number of fused-ring (bicyclic) bond motifs is 1. The molecule has 5 heterocycles. The number of piperazine rings is 2. The second-order valence-corrected chi connectivity index (χ2v) is 12.9. The molecule has 2 N–H and O–H groups in total. The second kappa shape index (κ2) is 11.0. The van der Waals surface area contributed by atoms with Gasteiger partial charge >= 0.3 is 0 Å². The first-order valence-corrected chi connectivity index (χ1v) is 15.3. The number of aryl methyl sites for hydroxylation is 1. The molecule has 2 aliphatic heterocycles. The van der Waals surface area contributed by atoms with Crippen LogP contribution in [0.5, 0.6) is 0 Å². The van der Waals surface area contributed by atoms with E-state index in [0.717, 1.165) is 60.8 Å². The van der Waals surface area contributed by atoms with Gasteiger partial charge in [0.15, 0.2) is 0 Å². The van der Waals surface area contributed by atoms with Crippen molar-refractivity contribution in [2.45, 2.75) is 44.6 Å². The molecule has 1 aliphatic carbocycles. The fraction of sp³-hybridized carbons (Fsp3) is 0.500. The smallest absolute Gasteiger partial charge is 0.246 e. The molecule has 0 aromatic carbocycles. The van der Waals surface area contributed by atoms with Crippen molar-refractivity contribution in [1.29, 1.82) is 5.26 Å². The summed E-state index contributed by atoms with van der Waals surface area (Å²) in [6, 6.07) is 6.76. The molecule has 0 spiro atoms. The molecule has 6 rings (SSSR count). The lowest BCUT2D eigenvalue weighted by Crippen LogP contribution is -2.51. The normalized spacial score (nSPS) is 23.0. The number of hydrogen-bond acceptors (Lipinski definition) is 11. The average molecular weight is 588 g/mol. The number of carbonyl (C=O) groups excluding carboxylic acids is 1. The Balaban J connectivity index is 1.37. The summed E-state index contributed by atoms with van der Waals surface area (Å²) in [5, 5.41) is 14.9. The maximum Gasteiger partial charge on any atom is 0.246 e. The number of nitriles is 1. The van der Waals surface area contributed by atoms with Crippen molar-refractivity contribution in [2.75, 3.05) is 68.4 Å². The van der Waals surface area contributed by atoms with Gasteiger partial charge in [0.1, 0.15) is 22.6 Å². The minimum absolute atomic E-state index is 0.0392. The van der Waals surface area contributed by atoms with Crippen molar-refractivity contribution in [3.05, 3.63) is 46.7 Å². The number of thiophene rings is 1. The van der Waals surface area contributed by atoms with Crippen LogP contribution in [0.25, 0.3) is 11.5 Å². The first-order valence-electron chi connectivity index (χ1n) is 14.5. The van der Waals surface area contributed by atoms with Crippen LogP contribution in [0, 0.1) is 11.3 Å². The van der Waals surface area contributed by atoms with Gasteiger partial charge in [-0.1, -0.05) is 11.7 Å². The van der Waals surface area contributed by atoms with Gasteiger partial charge in [0, 0.05) is 74.0 Å². The first-order chi connectivity index (χ1) is 20.2. The van der Waals surface area contributed by atoms with Crippen LogP contribution >= 0.6 is 11.3 Å². The molecule has 11 nitrogen and oxygen atoms in total. The van der Waals surface area contributed by atoms with Gasteiger partial charge in [-0.2, -0.15) is 10.2 Å². The van der Waals surface area contributed by atoms with Crippen LogP contribution in [0.3, 0.4) is 0 Å². The van der Waals surface area contributed by atoms with Gasteiger partial charge in [0.25, 0.3) is 0 Å². The van der Waals surface area contributed by atoms with Crippen LogP contribution in [-0.4, -0.2) is 89.7 Å². The monoisotopic (exact) mass is 587 g/mol. The highest BCUT2D eigenvalue weighted by molar-refractivity contribution is 7.16. The lowest BCUT2D eigenvalue weighted by Gasteiger charge is -2.40. The molecule has 2 fully saturated rings. The maximum atomic E-state index is 12.2. The largest absolute Gasteiger partial charge is 0.389 e. The van der Waals surface area contributed by atoms with Gasteiger partial charge in [0.05, 0.1) is 11.0 Å². The van der Waals surface area contributed by atoms with Crippen molar-refractivity contribution in [3.8, 4) is 17.6 Å². The van der Waals surface area contributed by atoms with E-state index in [-0.39, 0.29) is 11.9 Å². The van der Waals surface area contributed by atoms with Crippen LogP contribution in [0.15, 0.2) is 29.3 Å². The van der Waals surface area contributed by atoms with E-state index in [2.05, 4.69) is 59.5 Å². The highest BCUT2D eigenvalue weighted by Crippen LogP contribution is 2.48. The number of nitrogens with zero attached hydrogens (tertiary/aromatic N) is 8. The summed E-state index contributed by atoms with van der Waals surface area (Å²) in [5.74, 6) is 1.74. The topological polar surface area (TPSA) is 132 Å². The maximum absolute atomic E-state index is 12.2. The van der Waals surface area contributed by atoms with Gasteiger partial charge in [-0.15, -0.1) is 11.3 Å². The lowest BCUT2D eigenvalue weighted by atomic mass is 9.72. The zero-order valence-corrected chi connectivity index (χ0v) is 25.3. The fourth-order valence-corrected chi connectivity index (χ4v) is 7.79. The molecule has 2 saturated heterocycles. The number of anilines is 3. The molecular formula is C30H37N9O2S. The second-order valence-electron chi connectivity index (χ2n) is 11.7. The van der Waals surface area contributed by atoms with E-state index in [1.54, 1.807) is 0 Å². The van der Waals surface area contributed by atoms with Crippen molar-refractivity contribution in [1.82, 2.24) is 24.9 Å². The summed E-state index contributed by atoms with van der Waals surface area (Å²) in [6.45, 7) is 13.3. The van der Waals surface area contributed by atoms with Crippen LogP contribution in [0.4, 0.5) is 16.5 Å². The molecule has 42 heavy (non-hydrogen) atoms. The summed E-state index contributed by atoms with van der Waals surface area (Å²) >= 11 is 1.49. The molecule has 1 amide bonds. The molecule has 0 unspecified atom stereocenters. The van der Waals surface area contributed by atoms with Crippen LogP contribution in [0.1, 0.15) is 48.6 Å². The molecule has 0 radical (unpaired) electrons. The Bertz CT molecular complexity index is 1550. The molecule has 2 atom stereocenters. The Labute approximate surface area is 250 Å². The summed E-state index contributed by atoms with van der Waals surface area (Å²) in [4.78, 5) is 32.1. The van der Waals surface area contributed by atoms with E-state index < -0.39 is 5.41 Å². The average Bonchev–Trinajstić information content (AvgIpc) is 3.62. The molecule has 3 aromatic rings. The van der Waals surface area contributed by atoms with E-state index in [9.17, 15) is 10.1 Å². The van der Waals surface area contributed by atoms with E-state index in [1.165, 1.54) is 17.4 Å². The summed E-state index contributed by atoms with van der Waals surface area (Å²) < 4.78 is 5.95. The summed E-state index contributed by atoms with van der Waals surface area (Å²) in [7, 11) is 2.14. The SMILES string of the molecule is C=CC(=O)N1CCN(c2cc(-c3noc([C@@]4(C)CCCc5sc(N)c(C#N)c54)n3)nc(N3CCN(C)C[C@@H]3C)c2)CC1. The zero-order chi connectivity index (χ0) is 29.6. The summed E-state index contributed by atoms with van der Waals surface area (Å²) in [6.07, 6.45) is 4.01. The van der Waals surface area contributed by atoms with Gasteiger partial charge in [-0.3, -0.25) is 4.79 Å². The quantitative estimate of drug-likeness (QED) is 0.444.